The molecule has 0 aliphatic heterocycles. The van der Waals surface area contributed by atoms with Crippen LogP contribution in [0.5, 0.6) is 5.75 Å². The smallest absolute Gasteiger partial charge is 0.265 e. The molecule has 0 bridgehead atoms. The lowest BCUT2D eigenvalue weighted by Crippen LogP contribution is -2.20. The molecule has 5 aromatic rings. The zero-order valence-electron chi connectivity index (χ0n) is 16.2. The highest BCUT2D eigenvalue weighted by Gasteiger charge is 2.20. The van der Waals surface area contributed by atoms with E-state index in [-0.39, 0.29) is 5.56 Å². The molecule has 0 aliphatic rings. The Bertz CT molecular complexity index is 1430. The van der Waals surface area contributed by atoms with Gasteiger partial charge in [-0.15, -0.1) is 0 Å². The number of rotatable bonds is 4. The fourth-order valence-electron chi connectivity index (χ4n) is 3.67. The van der Waals surface area contributed by atoms with E-state index in [4.69, 9.17) is 14.7 Å². The summed E-state index contributed by atoms with van der Waals surface area (Å²) in [5.74, 6) is 0.713. The number of ether oxygens (including phenoxy) is 1. The Balaban J connectivity index is 1.97. The maximum absolute atomic E-state index is 13.3. The molecule has 7 nitrogen and oxygen atoms in total. The average molecular weight is 385 g/mol. The summed E-state index contributed by atoms with van der Waals surface area (Å²) in [4.78, 5) is 27.5. The molecule has 0 unspecified atom stereocenters. The molecule has 0 N–H and O–H groups in total. The van der Waals surface area contributed by atoms with Crippen molar-refractivity contribution >= 4 is 33.2 Å². The van der Waals surface area contributed by atoms with Crippen molar-refractivity contribution < 1.29 is 4.74 Å². The van der Waals surface area contributed by atoms with E-state index >= 15 is 0 Å². The molecule has 3 aromatic heterocycles. The Morgan fingerprint density at radius 1 is 1.00 bits per heavy atom. The van der Waals surface area contributed by atoms with E-state index in [1.165, 1.54) is 0 Å². The van der Waals surface area contributed by atoms with Gasteiger partial charge in [0, 0.05) is 12.6 Å². The summed E-state index contributed by atoms with van der Waals surface area (Å²) in [5, 5.41) is 0.483. The number of hydrogen-bond donors (Lipinski definition) is 0. The Hall–Kier alpha value is -3.74. The first-order valence-corrected chi connectivity index (χ1v) is 9.52. The third-order valence-electron chi connectivity index (χ3n) is 5.01. The summed E-state index contributed by atoms with van der Waals surface area (Å²) >= 11 is 0. The number of fused-ring (bicyclic) bond motifs is 4. The van der Waals surface area contributed by atoms with E-state index < -0.39 is 0 Å². The van der Waals surface area contributed by atoms with Gasteiger partial charge in [0.1, 0.15) is 16.7 Å². The summed E-state index contributed by atoms with van der Waals surface area (Å²) in [6.45, 7) is 2.64. The third-order valence-corrected chi connectivity index (χ3v) is 5.01. The van der Waals surface area contributed by atoms with Crippen LogP contribution in [0.3, 0.4) is 0 Å². The monoisotopic (exact) mass is 385 g/mol. The zero-order chi connectivity index (χ0) is 20.0. The van der Waals surface area contributed by atoms with Gasteiger partial charge in [0.2, 0.25) is 0 Å². The van der Waals surface area contributed by atoms with E-state index in [0.717, 1.165) is 23.1 Å². The van der Waals surface area contributed by atoms with Crippen LogP contribution in [0.2, 0.25) is 0 Å². The largest absolute Gasteiger partial charge is 0.497 e. The molecule has 0 fully saturated rings. The number of aromatic nitrogens is 5. The maximum Gasteiger partial charge on any atom is 0.265 e. The highest BCUT2D eigenvalue weighted by atomic mass is 16.5. The van der Waals surface area contributed by atoms with Crippen LogP contribution in [0.1, 0.15) is 13.3 Å². The summed E-state index contributed by atoms with van der Waals surface area (Å²) in [5.41, 5.74) is 3.93. The van der Waals surface area contributed by atoms with Gasteiger partial charge in [0.15, 0.2) is 11.3 Å². The topological polar surface area (TPSA) is 74.8 Å². The molecular weight excluding hydrogens is 366 g/mol. The summed E-state index contributed by atoms with van der Waals surface area (Å²) < 4.78 is 8.90. The minimum Gasteiger partial charge on any atom is -0.497 e. The fourth-order valence-corrected chi connectivity index (χ4v) is 3.67. The molecule has 2 aromatic carbocycles. The van der Waals surface area contributed by atoms with Crippen LogP contribution in [0, 0.1) is 0 Å². The SMILES string of the molecule is CCCn1cnc2c(c1=O)c1nc3ccccc3nc1n2-c1cccc(OC)c1. The van der Waals surface area contributed by atoms with Crippen molar-refractivity contribution in [3.8, 4) is 11.4 Å². The predicted molar refractivity (Wildman–Crippen MR) is 113 cm³/mol. The van der Waals surface area contributed by atoms with Crippen molar-refractivity contribution in [1.82, 2.24) is 24.1 Å². The third kappa shape index (κ3) is 2.66. The first-order valence-electron chi connectivity index (χ1n) is 9.52. The number of hydrogen-bond acceptors (Lipinski definition) is 5. The average Bonchev–Trinajstić information content (AvgIpc) is 3.08. The quantitative estimate of drug-likeness (QED) is 0.472. The van der Waals surface area contributed by atoms with Gasteiger partial charge in [-0.1, -0.05) is 25.1 Å². The summed E-state index contributed by atoms with van der Waals surface area (Å²) in [6, 6.07) is 15.3. The van der Waals surface area contributed by atoms with Gasteiger partial charge in [-0.25, -0.2) is 15.0 Å². The molecule has 3 heterocycles. The minimum absolute atomic E-state index is 0.104. The first kappa shape index (κ1) is 17.4. The summed E-state index contributed by atoms with van der Waals surface area (Å²) in [6.07, 6.45) is 2.44. The molecule has 5 rings (SSSR count). The Labute approximate surface area is 166 Å². The van der Waals surface area contributed by atoms with Gasteiger partial charge >= 0.3 is 0 Å². The van der Waals surface area contributed by atoms with E-state index in [0.29, 0.717) is 34.5 Å². The Kier molecular flexibility index (Phi) is 4.01. The van der Waals surface area contributed by atoms with Crippen LogP contribution >= 0.6 is 0 Å². The van der Waals surface area contributed by atoms with Crippen molar-refractivity contribution in [1.29, 1.82) is 0 Å². The summed E-state index contributed by atoms with van der Waals surface area (Å²) in [7, 11) is 1.62. The predicted octanol–water partition coefficient (Wildman–Crippen LogP) is 3.70. The van der Waals surface area contributed by atoms with E-state index in [1.54, 1.807) is 18.0 Å². The molecule has 29 heavy (non-hydrogen) atoms. The Morgan fingerprint density at radius 3 is 2.55 bits per heavy atom. The normalized spacial score (nSPS) is 11.5. The van der Waals surface area contributed by atoms with Crippen LogP contribution in [-0.2, 0) is 6.54 Å². The minimum atomic E-state index is -0.104. The lowest BCUT2D eigenvalue weighted by molar-refractivity contribution is 0.414. The van der Waals surface area contributed by atoms with E-state index in [2.05, 4.69) is 4.98 Å². The fraction of sp³-hybridized carbons (Fsp3) is 0.182. The van der Waals surface area contributed by atoms with Crippen molar-refractivity contribution in [2.75, 3.05) is 7.11 Å². The second-order valence-corrected chi connectivity index (χ2v) is 6.86. The van der Waals surface area contributed by atoms with Crippen molar-refractivity contribution in [2.24, 2.45) is 0 Å². The second kappa shape index (κ2) is 6.70. The van der Waals surface area contributed by atoms with Gasteiger partial charge in [-0.3, -0.25) is 13.9 Å². The molecule has 0 saturated carbocycles. The van der Waals surface area contributed by atoms with Gasteiger partial charge in [-0.2, -0.15) is 0 Å². The number of para-hydroxylation sites is 2. The lowest BCUT2D eigenvalue weighted by atomic mass is 10.3. The van der Waals surface area contributed by atoms with Crippen molar-refractivity contribution in [2.45, 2.75) is 19.9 Å². The van der Waals surface area contributed by atoms with Gasteiger partial charge in [0.25, 0.3) is 5.56 Å². The standard InChI is InChI=1S/C22H19N5O2/c1-3-11-26-13-23-20-18(22(26)28)19-21(25-17-10-5-4-9-16(17)24-19)27(20)14-7-6-8-15(12-14)29-2/h4-10,12-13H,3,11H2,1-2H3. The van der Waals surface area contributed by atoms with Crippen LogP contribution in [0.4, 0.5) is 0 Å². The van der Waals surface area contributed by atoms with Gasteiger partial charge in [0.05, 0.1) is 30.2 Å². The second-order valence-electron chi connectivity index (χ2n) is 6.86. The lowest BCUT2D eigenvalue weighted by Gasteiger charge is -2.08. The van der Waals surface area contributed by atoms with Crippen LogP contribution in [0.15, 0.2) is 59.7 Å². The van der Waals surface area contributed by atoms with Crippen LogP contribution < -0.4 is 10.3 Å². The van der Waals surface area contributed by atoms with Crippen molar-refractivity contribution in [3.63, 3.8) is 0 Å². The van der Waals surface area contributed by atoms with Gasteiger partial charge in [-0.05, 0) is 30.7 Å². The molecule has 0 radical (unpaired) electrons. The number of methoxy groups -OCH3 is 1. The Morgan fingerprint density at radius 2 is 1.79 bits per heavy atom. The van der Waals surface area contributed by atoms with E-state index in [1.807, 2.05) is 60.0 Å². The van der Waals surface area contributed by atoms with Gasteiger partial charge < -0.3 is 4.74 Å². The molecule has 7 heteroatoms. The number of nitrogens with zero attached hydrogens (tertiary/aromatic N) is 5. The molecule has 144 valence electrons. The highest BCUT2D eigenvalue weighted by molar-refractivity contribution is 6.05. The molecule has 0 spiro atoms. The maximum atomic E-state index is 13.3. The number of aryl methyl sites for hydroxylation is 1. The molecule has 0 saturated heterocycles. The van der Waals surface area contributed by atoms with Crippen molar-refractivity contribution in [3.05, 3.63) is 65.2 Å². The van der Waals surface area contributed by atoms with Crippen LogP contribution in [0.25, 0.3) is 38.9 Å². The molecule has 0 atom stereocenters. The zero-order valence-corrected chi connectivity index (χ0v) is 16.2. The first-order chi connectivity index (χ1) is 14.2. The van der Waals surface area contributed by atoms with Crippen LogP contribution in [-0.4, -0.2) is 31.2 Å². The molecule has 0 amide bonds. The molecule has 0 aliphatic carbocycles. The highest BCUT2D eigenvalue weighted by Crippen LogP contribution is 2.29. The molecular formula is C22H19N5O2. The number of benzene rings is 2. The van der Waals surface area contributed by atoms with E-state index in [9.17, 15) is 4.79 Å².